The van der Waals surface area contributed by atoms with E-state index in [1.165, 1.54) is 6.07 Å². The number of hydrogen-bond donors (Lipinski definition) is 3. The number of rotatable bonds is 8. The van der Waals surface area contributed by atoms with Gasteiger partial charge in [0.05, 0.1) is 6.10 Å². The molecule has 27 heavy (non-hydrogen) atoms. The van der Waals surface area contributed by atoms with Gasteiger partial charge in [-0.3, -0.25) is 4.99 Å². The number of benzene rings is 2. The zero-order valence-electron chi connectivity index (χ0n) is 15.7. The van der Waals surface area contributed by atoms with Crippen molar-refractivity contribution >= 4 is 28.8 Å². The third-order valence-electron chi connectivity index (χ3n) is 4.04. The molecule has 0 spiro atoms. The van der Waals surface area contributed by atoms with Crippen LogP contribution < -0.4 is 15.8 Å². The molecule has 0 amide bonds. The molecule has 0 aliphatic heterocycles. The minimum atomic E-state index is -0.0461. The molecule has 0 saturated heterocycles. The zero-order chi connectivity index (χ0) is 19.8. The second kappa shape index (κ2) is 9.88. The SMILES string of the molecule is C=CCCC[C@@H](C)Oc1cc(/C(=N\C)Nc2cccc(Cl)c2)c(N)cc1O. The molecule has 2 aromatic rings. The third kappa shape index (κ3) is 5.93. The number of ether oxygens (including phenoxy) is 1. The summed E-state index contributed by atoms with van der Waals surface area (Å²) in [6.45, 7) is 5.69. The minimum absolute atomic E-state index is 0.00466. The molecule has 0 aliphatic rings. The van der Waals surface area contributed by atoms with E-state index in [2.05, 4.69) is 16.9 Å². The molecule has 0 unspecified atom stereocenters. The standard InChI is InChI=1S/C21H26ClN3O2/c1-4-5-6-8-14(2)27-20-12-17(18(23)13-19(20)26)21(24-3)25-16-10-7-9-15(22)11-16/h4,7,9-14,26H,1,5-6,8,23H2,2-3H3,(H,24,25)/t14-/m1/s1. The second-order valence-electron chi connectivity index (χ2n) is 6.26. The van der Waals surface area contributed by atoms with Gasteiger partial charge in [0.15, 0.2) is 11.5 Å². The molecule has 2 rings (SSSR count). The van der Waals surface area contributed by atoms with E-state index in [1.807, 2.05) is 25.1 Å². The number of anilines is 2. The lowest BCUT2D eigenvalue weighted by atomic mass is 10.1. The summed E-state index contributed by atoms with van der Waals surface area (Å²) < 4.78 is 5.91. The number of aliphatic imine (C=N–C) groups is 1. The van der Waals surface area contributed by atoms with Crippen LogP contribution in [0.25, 0.3) is 0 Å². The molecule has 6 heteroatoms. The summed E-state index contributed by atoms with van der Waals surface area (Å²) in [6, 6.07) is 10.5. The first-order valence-corrected chi connectivity index (χ1v) is 9.22. The summed E-state index contributed by atoms with van der Waals surface area (Å²) in [4.78, 5) is 4.29. The van der Waals surface area contributed by atoms with Crippen LogP contribution in [-0.4, -0.2) is 24.1 Å². The number of allylic oxidation sites excluding steroid dienone is 1. The number of amidine groups is 1. The summed E-state index contributed by atoms with van der Waals surface area (Å²) in [5.41, 5.74) is 7.93. The highest BCUT2D eigenvalue weighted by Crippen LogP contribution is 2.33. The number of hydrogen-bond acceptors (Lipinski definition) is 4. The Balaban J connectivity index is 2.23. The third-order valence-corrected chi connectivity index (χ3v) is 4.28. The van der Waals surface area contributed by atoms with Crippen molar-refractivity contribution in [2.24, 2.45) is 4.99 Å². The van der Waals surface area contributed by atoms with E-state index >= 15 is 0 Å². The summed E-state index contributed by atoms with van der Waals surface area (Å²) in [5.74, 6) is 0.934. The van der Waals surface area contributed by atoms with Gasteiger partial charge in [0, 0.05) is 35.1 Å². The molecule has 144 valence electrons. The Morgan fingerprint density at radius 2 is 2.19 bits per heavy atom. The number of nitrogens with zero attached hydrogens (tertiary/aromatic N) is 1. The van der Waals surface area contributed by atoms with E-state index in [-0.39, 0.29) is 11.9 Å². The van der Waals surface area contributed by atoms with Crippen LogP contribution in [0.5, 0.6) is 11.5 Å². The van der Waals surface area contributed by atoms with Crippen molar-refractivity contribution in [1.29, 1.82) is 0 Å². The van der Waals surface area contributed by atoms with Crippen molar-refractivity contribution in [2.75, 3.05) is 18.1 Å². The number of halogens is 1. The molecular weight excluding hydrogens is 362 g/mol. The van der Waals surface area contributed by atoms with Gasteiger partial charge in [0.2, 0.25) is 0 Å². The predicted octanol–water partition coefficient (Wildman–Crippen LogP) is 5.24. The molecule has 4 N–H and O–H groups in total. The molecular formula is C21H26ClN3O2. The Hall–Kier alpha value is -2.66. The highest BCUT2D eigenvalue weighted by Gasteiger charge is 2.15. The molecule has 0 aromatic heterocycles. The largest absolute Gasteiger partial charge is 0.504 e. The van der Waals surface area contributed by atoms with Crippen molar-refractivity contribution in [1.82, 2.24) is 0 Å². The van der Waals surface area contributed by atoms with E-state index in [9.17, 15) is 5.11 Å². The quantitative estimate of drug-likeness (QED) is 0.190. The van der Waals surface area contributed by atoms with Gasteiger partial charge in [-0.2, -0.15) is 0 Å². The van der Waals surface area contributed by atoms with Crippen LogP contribution in [0.15, 0.2) is 54.0 Å². The molecule has 0 aliphatic carbocycles. The maximum absolute atomic E-state index is 10.2. The normalized spacial score (nSPS) is 12.5. The summed E-state index contributed by atoms with van der Waals surface area (Å²) >= 11 is 6.04. The summed E-state index contributed by atoms with van der Waals surface area (Å²) in [5, 5.41) is 14.0. The maximum Gasteiger partial charge on any atom is 0.162 e. The number of unbranched alkanes of at least 4 members (excludes halogenated alkanes) is 1. The number of phenolic OH excluding ortho intramolecular Hbond substituents is 1. The lowest BCUT2D eigenvalue weighted by Gasteiger charge is -2.18. The fraction of sp³-hybridized carbons (Fsp3) is 0.286. The first kappa shape index (κ1) is 20.6. The number of phenols is 1. The number of nitrogens with two attached hydrogens (primary N) is 1. The topological polar surface area (TPSA) is 79.9 Å². The predicted molar refractivity (Wildman–Crippen MR) is 114 cm³/mol. The van der Waals surface area contributed by atoms with E-state index in [1.54, 1.807) is 25.2 Å². The average Bonchev–Trinajstić information content (AvgIpc) is 2.62. The molecule has 0 fully saturated rings. The van der Waals surface area contributed by atoms with Gasteiger partial charge in [-0.05, 0) is 50.5 Å². The fourth-order valence-electron chi connectivity index (χ4n) is 2.66. The van der Waals surface area contributed by atoms with Crippen molar-refractivity contribution in [2.45, 2.75) is 32.3 Å². The zero-order valence-corrected chi connectivity index (χ0v) is 16.5. The monoisotopic (exact) mass is 387 g/mol. The van der Waals surface area contributed by atoms with Gasteiger partial charge in [0.1, 0.15) is 5.84 Å². The first-order valence-electron chi connectivity index (χ1n) is 8.84. The van der Waals surface area contributed by atoms with E-state index in [0.29, 0.717) is 27.9 Å². The maximum atomic E-state index is 10.2. The Bertz CT molecular complexity index is 821. The van der Waals surface area contributed by atoms with Gasteiger partial charge in [-0.15, -0.1) is 6.58 Å². The number of aromatic hydroxyl groups is 1. The molecule has 2 aromatic carbocycles. The van der Waals surface area contributed by atoms with Crippen LogP contribution in [-0.2, 0) is 0 Å². The van der Waals surface area contributed by atoms with E-state index < -0.39 is 0 Å². The van der Waals surface area contributed by atoms with Gasteiger partial charge >= 0.3 is 0 Å². The van der Waals surface area contributed by atoms with Crippen molar-refractivity contribution in [3.05, 3.63) is 59.6 Å². The van der Waals surface area contributed by atoms with Gasteiger partial charge in [0.25, 0.3) is 0 Å². The van der Waals surface area contributed by atoms with Gasteiger partial charge < -0.3 is 20.9 Å². The van der Waals surface area contributed by atoms with Crippen LogP contribution >= 0.6 is 11.6 Å². The van der Waals surface area contributed by atoms with Gasteiger partial charge in [-0.25, -0.2) is 0 Å². The summed E-state index contributed by atoms with van der Waals surface area (Å²) in [7, 11) is 1.66. The molecule has 0 saturated carbocycles. The lowest BCUT2D eigenvalue weighted by molar-refractivity contribution is 0.200. The molecule has 0 heterocycles. The Morgan fingerprint density at radius 1 is 1.41 bits per heavy atom. The minimum Gasteiger partial charge on any atom is -0.504 e. The van der Waals surface area contributed by atoms with Crippen molar-refractivity contribution in [3.8, 4) is 11.5 Å². The van der Waals surface area contributed by atoms with E-state index in [0.717, 1.165) is 24.9 Å². The number of nitrogens with one attached hydrogen (secondary N) is 1. The van der Waals surface area contributed by atoms with Crippen LogP contribution in [0.3, 0.4) is 0 Å². The van der Waals surface area contributed by atoms with Crippen LogP contribution in [0, 0.1) is 0 Å². The van der Waals surface area contributed by atoms with Crippen LogP contribution in [0.4, 0.5) is 11.4 Å². The van der Waals surface area contributed by atoms with Gasteiger partial charge in [-0.1, -0.05) is 23.7 Å². The van der Waals surface area contributed by atoms with Crippen LogP contribution in [0.2, 0.25) is 5.02 Å². The summed E-state index contributed by atoms with van der Waals surface area (Å²) in [6.07, 6.45) is 4.61. The highest BCUT2D eigenvalue weighted by molar-refractivity contribution is 6.31. The van der Waals surface area contributed by atoms with Crippen LogP contribution in [0.1, 0.15) is 31.7 Å². The van der Waals surface area contributed by atoms with Crippen molar-refractivity contribution < 1.29 is 9.84 Å². The Labute approximate surface area is 165 Å². The lowest BCUT2D eigenvalue weighted by Crippen LogP contribution is -2.17. The number of nitrogen functional groups attached to an aromatic ring is 1. The molecule has 0 radical (unpaired) electrons. The molecule has 1 atom stereocenters. The smallest absolute Gasteiger partial charge is 0.162 e. The highest BCUT2D eigenvalue weighted by atomic mass is 35.5. The Morgan fingerprint density at radius 3 is 2.85 bits per heavy atom. The molecule has 5 nitrogen and oxygen atoms in total. The second-order valence-corrected chi connectivity index (χ2v) is 6.70. The van der Waals surface area contributed by atoms with E-state index in [4.69, 9.17) is 22.1 Å². The molecule has 0 bridgehead atoms. The van der Waals surface area contributed by atoms with Crippen molar-refractivity contribution in [3.63, 3.8) is 0 Å². The fourth-order valence-corrected chi connectivity index (χ4v) is 2.85. The average molecular weight is 388 g/mol. The first-order chi connectivity index (χ1) is 12.9. The Kier molecular flexibility index (Phi) is 7.55.